The Morgan fingerprint density at radius 2 is 1.75 bits per heavy atom. The summed E-state index contributed by atoms with van der Waals surface area (Å²) in [6.45, 7) is 3.29. The normalized spacial score (nSPS) is 11.7. The Labute approximate surface area is 229 Å². The molecule has 0 saturated carbocycles. The number of benzene rings is 2. The smallest absolute Gasteiger partial charge is 0.425 e. The average Bonchev–Trinajstić information content (AvgIpc) is 3.23. The minimum atomic E-state index is -4.91. The van der Waals surface area contributed by atoms with Crippen LogP contribution in [0.1, 0.15) is 19.4 Å². The number of alkyl halides is 3. The number of nitroso groups, excluding NO2 is 1. The van der Waals surface area contributed by atoms with E-state index in [-0.39, 0.29) is 48.6 Å². The highest BCUT2D eigenvalue weighted by Gasteiger charge is 2.31. The van der Waals surface area contributed by atoms with Gasteiger partial charge < -0.3 is 9.47 Å². The van der Waals surface area contributed by atoms with Gasteiger partial charge in [0.2, 0.25) is 6.04 Å². The van der Waals surface area contributed by atoms with E-state index in [1.165, 1.54) is 23.7 Å². The molecule has 0 spiro atoms. The third-order valence-corrected chi connectivity index (χ3v) is 6.02. The molecule has 0 radical (unpaired) electrons. The topological polar surface area (TPSA) is 112 Å². The lowest BCUT2D eigenvalue weighted by Gasteiger charge is -2.12. The molecule has 4 aromatic rings. The van der Waals surface area contributed by atoms with Crippen molar-refractivity contribution in [2.75, 3.05) is 6.54 Å². The highest BCUT2D eigenvalue weighted by molar-refractivity contribution is 6.30. The maximum absolute atomic E-state index is 13.6. The zero-order valence-corrected chi connectivity index (χ0v) is 22.4. The van der Waals surface area contributed by atoms with Crippen molar-refractivity contribution in [3.05, 3.63) is 84.9 Å². The lowest BCUT2D eigenvalue weighted by Crippen LogP contribution is -2.43. The molecule has 15 heteroatoms. The summed E-state index contributed by atoms with van der Waals surface area (Å²) in [6.07, 6.45) is -4.91. The van der Waals surface area contributed by atoms with Crippen LogP contribution < -0.4 is 26.1 Å². The van der Waals surface area contributed by atoms with Crippen LogP contribution in [0.4, 0.5) is 13.2 Å². The van der Waals surface area contributed by atoms with Gasteiger partial charge in [0.15, 0.2) is 11.2 Å². The fourth-order valence-electron chi connectivity index (χ4n) is 3.84. The quantitative estimate of drug-likeness (QED) is 0.223. The van der Waals surface area contributed by atoms with Crippen molar-refractivity contribution in [2.24, 2.45) is 7.05 Å². The molecule has 2 heterocycles. The molecule has 0 unspecified atom stereocenters. The molecule has 0 aliphatic carbocycles. The van der Waals surface area contributed by atoms with Crippen LogP contribution in [0.2, 0.25) is 5.02 Å². The average molecular weight is 582 g/mol. The van der Waals surface area contributed by atoms with Crippen LogP contribution in [0.15, 0.2) is 58.1 Å². The Morgan fingerprint density at radius 3 is 2.40 bits per heavy atom. The van der Waals surface area contributed by atoms with Crippen molar-refractivity contribution in [1.29, 1.82) is 0 Å². The number of nitrogens with zero attached hydrogens (tertiary/aromatic N) is 5. The van der Waals surface area contributed by atoms with Gasteiger partial charge in [0, 0.05) is 32.0 Å². The number of ether oxygens (including phenoxy) is 2. The number of aromatic nitrogens is 4. The maximum atomic E-state index is 13.6. The summed E-state index contributed by atoms with van der Waals surface area (Å²) in [5.41, 5.74) is 1.93. The van der Waals surface area contributed by atoms with E-state index in [0.29, 0.717) is 15.5 Å². The molecule has 0 aliphatic heterocycles. The zero-order chi connectivity index (χ0) is 29.2. The summed E-state index contributed by atoms with van der Waals surface area (Å²) in [5, 5.41) is 0.489. The summed E-state index contributed by atoms with van der Waals surface area (Å²) in [7, 11) is 1.42. The van der Waals surface area contributed by atoms with Crippen LogP contribution in [0.25, 0.3) is 11.2 Å². The molecule has 2 aromatic carbocycles. The molecule has 0 saturated heterocycles. The molecule has 0 fully saturated rings. The third kappa shape index (κ3) is 6.45. The zero-order valence-electron chi connectivity index (χ0n) is 21.6. The van der Waals surface area contributed by atoms with Gasteiger partial charge in [0.05, 0.1) is 24.5 Å². The maximum Gasteiger partial charge on any atom is 0.573 e. The number of nitrogens with one attached hydrogen (secondary N) is 1. The Kier molecular flexibility index (Phi) is 8.18. The van der Waals surface area contributed by atoms with Crippen molar-refractivity contribution < 1.29 is 27.5 Å². The van der Waals surface area contributed by atoms with Gasteiger partial charge in [0.25, 0.3) is 5.56 Å². The van der Waals surface area contributed by atoms with Crippen LogP contribution in [0.3, 0.4) is 0 Å². The number of aryl methyl sites for hydroxylation is 1. The Morgan fingerprint density at radius 1 is 1.07 bits per heavy atom. The van der Waals surface area contributed by atoms with Crippen molar-refractivity contribution >= 4 is 22.8 Å². The summed E-state index contributed by atoms with van der Waals surface area (Å²) >= 11 is 6.00. The predicted octanol–water partition coefficient (Wildman–Crippen LogP) is 3.98. The molecule has 4 rings (SSSR count). The molecule has 0 amide bonds. The molecule has 2 aromatic heterocycles. The first-order valence-electron chi connectivity index (χ1n) is 12.0. The van der Waals surface area contributed by atoms with Crippen molar-refractivity contribution in [3.63, 3.8) is 0 Å². The lowest BCUT2D eigenvalue weighted by atomic mass is 10.2. The van der Waals surface area contributed by atoms with Gasteiger partial charge in [-0.2, -0.15) is 10.4 Å². The van der Waals surface area contributed by atoms with Crippen LogP contribution in [-0.2, 0) is 20.1 Å². The monoisotopic (exact) mass is 581 g/mol. The Bertz CT molecular complexity index is 1660. The predicted molar refractivity (Wildman–Crippen MR) is 140 cm³/mol. The van der Waals surface area contributed by atoms with Gasteiger partial charge in [-0.25, -0.2) is 4.79 Å². The number of hydrazine groups is 1. The van der Waals surface area contributed by atoms with Gasteiger partial charge >= 0.3 is 18.1 Å². The highest BCUT2D eigenvalue weighted by Crippen LogP contribution is 2.30. The van der Waals surface area contributed by atoms with Crippen molar-refractivity contribution in [3.8, 4) is 17.5 Å². The van der Waals surface area contributed by atoms with Gasteiger partial charge in [0.1, 0.15) is 16.4 Å². The molecular weight excluding hydrogens is 557 g/mol. The number of halogens is 4. The Balaban J connectivity index is 1.81. The van der Waals surface area contributed by atoms with Crippen LogP contribution in [0.5, 0.6) is 17.5 Å². The van der Waals surface area contributed by atoms with E-state index in [1.807, 2.05) is 0 Å². The van der Waals surface area contributed by atoms with E-state index in [0.717, 1.165) is 21.3 Å². The van der Waals surface area contributed by atoms with Crippen LogP contribution in [-0.4, -0.2) is 42.5 Å². The summed E-state index contributed by atoms with van der Waals surface area (Å²) in [4.78, 5) is 43.5. The number of rotatable bonds is 10. The van der Waals surface area contributed by atoms with E-state index in [2.05, 4.69) is 15.1 Å². The van der Waals surface area contributed by atoms with Crippen LogP contribution >= 0.6 is 11.6 Å². The number of hydrogen-bond donors (Lipinski definition) is 1. The summed E-state index contributed by atoms with van der Waals surface area (Å²) < 4.78 is 51.5. The molecular formula is C25H25ClF3N6O5+. The molecule has 40 heavy (non-hydrogen) atoms. The van der Waals surface area contributed by atoms with E-state index >= 15 is 0 Å². The second-order valence-corrected chi connectivity index (χ2v) is 9.47. The first kappa shape index (κ1) is 28.7. The highest BCUT2D eigenvalue weighted by atomic mass is 35.5. The van der Waals surface area contributed by atoms with Gasteiger partial charge in [-0.15, -0.1) is 13.2 Å². The van der Waals surface area contributed by atoms with Crippen LogP contribution in [0, 0.1) is 4.91 Å². The molecule has 0 bridgehead atoms. The molecule has 212 valence electrons. The first-order valence-corrected chi connectivity index (χ1v) is 12.4. The van der Waals surface area contributed by atoms with Crippen molar-refractivity contribution in [1.82, 2.24) is 24.1 Å². The fraction of sp³-hybridized carbons (Fsp3) is 0.320. The van der Waals surface area contributed by atoms with E-state index in [9.17, 15) is 27.7 Å². The second-order valence-electron chi connectivity index (χ2n) is 9.03. The second kappa shape index (κ2) is 11.4. The minimum Gasteiger partial charge on any atom is -0.425 e. The largest absolute Gasteiger partial charge is 0.573 e. The van der Waals surface area contributed by atoms with E-state index < -0.39 is 23.4 Å². The van der Waals surface area contributed by atoms with Crippen molar-refractivity contribution in [2.45, 2.75) is 39.3 Å². The standard InChI is InChI=1S/C25H25ClF3N6O5/c1-15(2)35(38)30-11-12-33-22(36)20-21(32(3)24(33)37)31-23(34(20)14-16-7-9-17(26)10-8-16)39-18-5-4-6-19(13-18)40-25(27,28)29/h4-10,13,15H,11-12,14H2,1-3H3,(H,30,38)/q+1. The Hall–Kier alpha value is -4.33. The summed E-state index contributed by atoms with van der Waals surface area (Å²) in [6, 6.07) is 11.0. The van der Waals surface area contributed by atoms with Gasteiger partial charge in [-0.1, -0.05) is 29.8 Å². The van der Waals surface area contributed by atoms with Gasteiger partial charge in [-0.3, -0.25) is 18.5 Å². The molecule has 1 N–H and O–H groups in total. The van der Waals surface area contributed by atoms with Gasteiger partial charge in [-0.05, 0) is 29.8 Å². The summed E-state index contributed by atoms with van der Waals surface area (Å²) in [5.74, 6) is -0.561. The first-order chi connectivity index (χ1) is 18.8. The fourth-order valence-corrected chi connectivity index (χ4v) is 3.97. The SMILES string of the molecule is CC(C)[N+](=O)NCCn1c(=O)c2c(nc(Oc3cccc(OC(F)(F)F)c3)n2Cc2ccc(Cl)cc2)n(C)c1=O. The lowest BCUT2D eigenvalue weighted by molar-refractivity contribution is -0.634. The third-order valence-electron chi connectivity index (χ3n) is 5.77. The minimum absolute atomic E-state index is 0.00139. The van der Waals surface area contributed by atoms with E-state index in [1.54, 1.807) is 38.1 Å². The molecule has 0 aliphatic rings. The number of fused-ring (bicyclic) bond motifs is 1. The molecule has 0 atom stereocenters. The molecule has 11 nitrogen and oxygen atoms in total. The number of imidazole rings is 1. The van der Waals surface area contributed by atoms with E-state index in [4.69, 9.17) is 16.3 Å². The number of hydrogen-bond acceptors (Lipinski definition) is 6.